The summed E-state index contributed by atoms with van der Waals surface area (Å²) in [7, 11) is 0. The second-order valence-corrected chi connectivity index (χ2v) is 5.59. The largest absolute Gasteiger partial charge is 0.396 e. The summed E-state index contributed by atoms with van der Waals surface area (Å²) in [5, 5.41) is 12.4. The molecule has 0 spiro atoms. The number of anilines is 1. The van der Waals surface area contributed by atoms with Crippen molar-refractivity contribution in [3.8, 4) is 0 Å². The van der Waals surface area contributed by atoms with Crippen molar-refractivity contribution >= 4 is 5.69 Å². The van der Waals surface area contributed by atoms with Crippen molar-refractivity contribution in [1.29, 1.82) is 0 Å². The maximum absolute atomic E-state index is 8.87. The molecule has 2 aliphatic carbocycles. The van der Waals surface area contributed by atoms with Gasteiger partial charge in [0.15, 0.2) is 0 Å². The highest BCUT2D eigenvalue weighted by molar-refractivity contribution is 5.44. The van der Waals surface area contributed by atoms with E-state index in [1.54, 1.807) is 0 Å². The van der Waals surface area contributed by atoms with E-state index in [0.717, 1.165) is 30.7 Å². The van der Waals surface area contributed by atoms with Gasteiger partial charge in [-0.05, 0) is 54.7 Å². The van der Waals surface area contributed by atoms with E-state index < -0.39 is 0 Å². The Morgan fingerprint density at radius 2 is 1.94 bits per heavy atom. The lowest BCUT2D eigenvalue weighted by atomic mass is 9.93. The highest BCUT2D eigenvalue weighted by Gasteiger charge is 2.35. The number of fused-ring (bicyclic) bond motifs is 2. The van der Waals surface area contributed by atoms with Crippen LogP contribution in [0.2, 0.25) is 0 Å². The third-order valence-corrected chi connectivity index (χ3v) is 4.34. The zero-order valence-corrected chi connectivity index (χ0v) is 10.7. The molecule has 3 rings (SSSR count). The molecular weight excluding hydrogens is 222 g/mol. The molecule has 18 heavy (non-hydrogen) atoms. The van der Waals surface area contributed by atoms with Gasteiger partial charge >= 0.3 is 0 Å². The summed E-state index contributed by atoms with van der Waals surface area (Å²) in [6.45, 7) is 1.31. The fourth-order valence-electron chi connectivity index (χ4n) is 3.30. The maximum atomic E-state index is 8.87. The molecule has 1 aromatic carbocycles. The first-order chi connectivity index (χ1) is 8.85. The van der Waals surface area contributed by atoms with Crippen LogP contribution in [0.15, 0.2) is 36.4 Å². The summed E-state index contributed by atoms with van der Waals surface area (Å²) in [5.41, 5.74) is 2.40. The van der Waals surface area contributed by atoms with Crippen LogP contribution in [0.4, 0.5) is 5.69 Å². The van der Waals surface area contributed by atoms with Gasteiger partial charge in [0.05, 0.1) is 0 Å². The van der Waals surface area contributed by atoms with E-state index in [0.29, 0.717) is 0 Å². The first kappa shape index (κ1) is 11.8. The minimum absolute atomic E-state index is 0.226. The molecule has 2 nitrogen and oxygen atoms in total. The van der Waals surface area contributed by atoms with Gasteiger partial charge in [-0.3, -0.25) is 0 Å². The van der Waals surface area contributed by atoms with Crippen LogP contribution in [-0.4, -0.2) is 18.3 Å². The molecule has 0 aromatic heterocycles. The number of allylic oxidation sites excluding steroid dienone is 2. The van der Waals surface area contributed by atoms with Crippen LogP contribution >= 0.6 is 0 Å². The summed E-state index contributed by atoms with van der Waals surface area (Å²) in [4.78, 5) is 0. The fourth-order valence-corrected chi connectivity index (χ4v) is 3.30. The molecule has 2 N–H and O–H groups in total. The molecule has 2 heteroatoms. The number of aliphatic hydroxyl groups is 1. The second-order valence-electron chi connectivity index (χ2n) is 5.59. The van der Waals surface area contributed by atoms with Crippen molar-refractivity contribution in [3.63, 3.8) is 0 Å². The third-order valence-electron chi connectivity index (χ3n) is 4.34. The van der Waals surface area contributed by atoms with Gasteiger partial charge in [0.1, 0.15) is 0 Å². The molecule has 0 heterocycles. The second kappa shape index (κ2) is 5.15. The molecule has 3 unspecified atom stereocenters. The first-order valence-corrected chi connectivity index (χ1v) is 6.97. The van der Waals surface area contributed by atoms with E-state index in [1.165, 1.54) is 24.1 Å². The average Bonchev–Trinajstić information content (AvgIpc) is 3.00. The predicted molar refractivity (Wildman–Crippen MR) is 74.6 cm³/mol. The SMILES string of the molecule is OCCc1ccc(NCC2CC3C=CC2C3)cc1. The standard InChI is InChI=1S/C16H21NO/c18-8-7-12-2-5-16(6-3-12)17-11-15-10-13-1-4-14(15)9-13/h1-6,13-15,17-18H,7-11H2. The number of aliphatic hydroxyl groups excluding tert-OH is 1. The van der Waals surface area contributed by atoms with Crippen LogP contribution in [0.25, 0.3) is 0 Å². The van der Waals surface area contributed by atoms with E-state index in [-0.39, 0.29) is 6.61 Å². The van der Waals surface area contributed by atoms with Crippen LogP contribution in [0, 0.1) is 17.8 Å². The van der Waals surface area contributed by atoms with Crippen LogP contribution in [0.1, 0.15) is 18.4 Å². The Morgan fingerprint density at radius 1 is 1.11 bits per heavy atom. The summed E-state index contributed by atoms with van der Waals surface area (Å²) in [5.74, 6) is 2.49. The van der Waals surface area contributed by atoms with E-state index >= 15 is 0 Å². The molecule has 0 radical (unpaired) electrons. The van der Waals surface area contributed by atoms with Gasteiger partial charge in [0, 0.05) is 18.8 Å². The molecule has 1 aromatic rings. The minimum atomic E-state index is 0.226. The lowest BCUT2D eigenvalue weighted by Crippen LogP contribution is -2.18. The van der Waals surface area contributed by atoms with Gasteiger partial charge in [-0.25, -0.2) is 0 Å². The maximum Gasteiger partial charge on any atom is 0.0471 e. The normalized spacial score (nSPS) is 28.8. The Bertz CT molecular complexity index is 423. The van der Waals surface area contributed by atoms with Crippen molar-refractivity contribution in [1.82, 2.24) is 0 Å². The molecule has 0 aliphatic heterocycles. The van der Waals surface area contributed by atoms with Gasteiger partial charge in [0.2, 0.25) is 0 Å². The monoisotopic (exact) mass is 243 g/mol. The lowest BCUT2D eigenvalue weighted by Gasteiger charge is -2.19. The Kier molecular flexibility index (Phi) is 3.37. The Morgan fingerprint density at radius 3 is 2.56 bits per heavy atom. The van der Waals surface area contributed by atoms with Crippen LogP contribution < -0.4 is 5.32 Å². The number of benzene rings is 1. The van der Waals surface area contributed by atoms with Gasteiger partial charge in [-0.2, -0.15) is 0 Å². The fraction of sp³-hybridized carbons (Fsp3) is 0.500. The van der Waals surface area contributed by atoms with Gasteiger partial charge in [-0.15, -0.1) is 0 Å². The molecule has 0 saturated heterocycles. The molecule has 0 amide bonds. The molecule has 1 saturated carbocycles. The third kappa shape index (κ3) is 2.44. The zero-order chi connectivity index (χ0) is 12.4. The molecule has 1 fully saturated rings. The quantitative estimate of drug-likeness (QED) is 0.779. The Labute approximate surface area is 109 Å². The highest BCUT2D eigenvalue weighted by atomic mass is 16.2. The molecule has 2 bridgehead atoms. The molecule has 2 aliphatic rings. The minimum Gasteiger partial charge on any atom is -0.396 e. The highest BCUT2D eigenvalue weighted by Crippen LogP contribution is 2.43. The number of hydrogen-bond acceptors (Lipinski definition) is 2. The van der Waals surface area contributed by atoms with Crippen LogP contribution in [-0.2, 0) is 6.42 Å². The topological polar surface area (TPSA) is 32.3 Å². The summed E-state index contributed by atoms with van der Waals surface area (Å²) >= 11 is 0. The van der Waals surface area contributed by atoms with Gasteiger partial charge in [-0.1, -0.05) is 24.3 Å². The molecular formula is C16H21NO. The molecule has 3 atom stereocenters. The predicted octanol–water partition coefficient (Wildman–Crippen LogP) is 2.85. The van der Waals surface area contributed by atoms with Crippen LogP contribution in [0.3, 0.4) is 0 Å². The Balaban J connectivity index is 1.52. The summed E-state index contributed by atoms with van der Waals surface area (Å²) < 4.78 is 0. The van der Waals surface area contributed by atoms with Gasteiger partial charge < -0.3 is 10.4 Å². The van der Waals surface area contributed by atoms with Crippen molar-refractivity contribution in [2.75, 3.05) is 18.5 Å². The zero-order valence-electron chi connectivity index (χ0n) is 10.7. The van der Waals surface area contributed by atoms with E-state index in [4.69, 9.17) is 5.11 Å². The van der Waals surface area contributed by atoms with E-state index in [2.05, 4.69) is 41.7 Å². The van der Waals surface area contributed by atoms with E-state index in [1.807, 2.05) is 0 Å². The van der Waals surface area contributed by atoms with Crippen molar-refractivity contribution in [3.05, 3.63) is 42.0 Å². The number of nitrogens with one attached hydrogen (secondary N) is 1. The van der Waals surface area contributed by atoms with Gasteiger partial charge in [0.25, 0.3) is 0 Å². The summed E-state index contributed by atoms with van der Waals surface area (Å²) in [6, 6.07) is 8.43. The first-order valence-electron chi connectivity index (χ1n) is 6.97. The van der Waals surface area contributed by atoms with Crippen LogP contribution in [0.5, 0.6) is 0 Å². The van der Waals surface area contributed by atoms with Crippen molar-refractivity contribution in [2.24, 2.45) is 17.8 Å². The lowest BCUT2D eigenvalue weighted by molar-refractivity contribution is 0.299. The van der Waals surface area contributed by atoms with Crippen molar-refractivity contribution < 1.29 is 5.11 Å². The number of hydrogen-bond donors (Lipinski definition) is 2. The Hall–Kier alpha value is -1.28. The van der Waals surface area contributed by atoms with Crippen molar-refractivity contribution in [2.45, 2.75) is 19.3 Å². The van der Waals surface area contributed by atoms with E-state index in [9.17, 15) is 0 Å². The number of rotatable bonds is 5. The molecule has 96 valence electrons. The summed E-state index contributed by atoms with van der Waals surface area (Å²) in [6.07, 6.45) is 8.28. The smallest absolute Gasteiger partial charge is 0.0471 e. The average molecular weight is 243 g/mol.